The summed E-state index contributed by atoms with van der Waals surface area (Å²) in [5.74, 6) is 0. The number of ether oxygens (including phenoxy) is 1. The van der Waals surface area contributed by atoms with Crippen LogP contribution >= 0.6 is 12.2 Å². The molecule has 0 radical (unpaired) electrons. The van der Waals surface area contributed by atoms with Crippen molar-refractivity contribution in [2.75, 3.05) is 39.4 Å². The Hall–Kier alpha value is -3.26. The maximum atomic E-state index is 5.89. The van der Waals surface area contributed by atoms with Crippen LogP contribution in [0.3, 0.4) is 0 Å². The average molecular weight is 484 g/mol. The van der Waals surface area contributed by atoms with Crippen molar-refractivity contribution in [2.45, 2.75) is 12.1 Å². The molecule has 1 N–H and O–H groups in total. The van der Waals surface area contributed by atoms with E-state index >= 15 is 0 Å². The second-order valence-corrected chi connectivity index (χ2v) is 9.50. The van der Waals surface area contributed by atoms with Crippen LogP contribution in [0.25, 0.3) is 16.5 Å². The van der Waals surface area contributed by atoms with E-state index in [9.17, 15) is 0 Å². The molecule has 4 heterocycles. The molecule has 0 saturated carbocycles. The molecule has 2 aromatic heterocycles. The van der Waals surface area contributed by atoms with Gasteiger partial charge in [-0.25, -0.2) is 0 Å². The molecule has 2 saturated heterocycles. The zero-order valence-corrected chi connectivity index (χ0v) is 20.4. The van der Waals surface area contributed by atoms with Crippen molar-refractivity contribution in [1.82, 2.24) is 24.7 Å². The predicted molar refractivity (Wildman–Crippen MR) is 143 cm³/mol. The summed E-state index contributed by atoms with van der Waals surface area (Å²) in [6, 6.07) is 25.6. The largest absolute Gasteiger partial charge is 0.379 e. The third-order valence-corrected chi connectivity index (χ3v) is 7.41. The van der Waals surface area contributed by atoms with Gasteiger partial charge in [-0.3, -0.25) is 9.88 Å². The SMILES string of the molecule is S=C1NC(c2ccccn2)C(c2cccn2-c2ccc3ccccc3c2)N1CCN1CCOCC1. The Morgan fingerprint density at radius 1 is 0.914 bits per heavy atom. The van der Waals surface area contributed by atoms with Gasteiger partial charge in [0.25, 0.3) is 0 Å². The van der Waals surface area contributed by atoms with E-state index in [-0.39, 0.29) is 12.1 Å². The number of hydrogen-bond donors (Lipinski definition) is 1. The van der Waals surface area contributed by atoms with Crippen molar-refractivity contribution in [3.05, 3.63) is 96.6 Å². The fourth-order valence-corrected chi connectivity index (χ4v) is 5.57. The number of aromatic nitrogens is 2. The molecule has 6 rings (SSSR count). The zero-order chi connectivity index (χ0) is 23.6. The molecule has 7 heteroatoms. The number of rotatable bonds is 6. The van der Waals surface area contributed by atoms with Crippen LogP contribution < -0.4 is 5.32 Å². The van der Waals surface area contributed by atoms with Crippen molar-refractivity contribution < 1.29 is 4.74 Å². The predicted octanol–water partition coefficient (Wildman–Crippen LogP) is 4.33. The maximum absolute atomic E-state index is 5.89. The van der Waals surface area contributed by atoms with E-state index in [1.165, 1.54) is 16.5 Å². The summed E-state index contributed by atoms with van der Waals surface area (Å²) in [6.45, 7) is 5.34. The maximum Gasteiger partial charge on any atom is 0.170 e. The van der Waals surface area contributed by atoms with Gasteiger partial charge in [0.15, 0.2) is 5.11 Å². The van der Waals surface area contributed by atoms with Crippen molar-refractivity contribution in [1.29, 1.82) is 0 Å². The van der Waals surface area contributed by atoms with Gasteiger partial charge in [0.2, 0.25) is 0 Å². The number of morpholine rings is 1. The van der Waals surface area contributed by atoms with Crippen LogP contribution in [0.1, 0.15) is 23.5 Å². The minimum absolute atomic E-state index is 0.0255. The molecule has 178 valence electrons. The highest BCUT2D eigenvalue weighted by atomic mass is 32.1. The first-order valence-electron chi connectivity index (χ1n) is 12.2. The molecular weight excluding hydrogens is 454 g/mol. The van der Waals surface area contributed by atoms with Gasteiger partial charge in [-0.15, -0.1) is 0 Å². The number of hydrogen-bond acceptors (Lipinski definition) is 4. The van der Waals surface area contributed by atoms with Gasteiger partial charge in [-0.2, -0.15) is 0 Å². The lowest BCUT2D eigenvalue weighted by molar-refractivity contribution is 0.0349. The van der Waals surface area contributed by atoms with Crippen LogP contribution in [0.15, 0.2) is 85.2 Å². The van der Waals surface area contributed by atoms with Gasteiger partial charge in [0.05, 0.1) is 31.0 Å². The molecule has 0 spiro atoms. The number of nitrogens with zero attached hydrogens (tertiary/aromatic N) is 4. The minimum atomic E-state index is -0.0255. The van der Waals surface area contributed by atoms with Gasteiger partial charge in [-0.1, -0.05) is 36.4 Å². The van der Waals surface area contributed by atoms with Gasteiger partial charge >= 0.3 is 0 Å². The second kappa shape index (κ2) is 9.77. The summed E-state index contributed by atoms with van der Waals surface area (Å²) in [5, 5.41) is 6.85. The Morgan fingerprint density at radius 3 is 2.57 bits per heavy atom. The Balaban J connectivity index is 1.38. The number of nitrogens with one attached hydrogen (secondary N) is 1. The molecule has 35 heavy (non-hydrogen) atoms. The molecule has 2 atom stereocenters. The smallest absolute Gasteiger partial charge is 0.170 e. The monoisotopic (exact) mass is 483 g/mol. The standard InChI is InChI=1S/C28H29N5OS/c35-28-30-26(24-8-3-4-12-29-24)27(33(28)15-14-31-16-18-34-19-17-31)25-9-5-13-32(25)23-11-10-21-6-1-2-7-22(21)20-23/h1-13,20,26-27H,14-19H2,(H,30,35). The number of thiocarbonyl (C=S) groups is 1. The lowest BCUT2D eigenvalue weighted by Crippen LogP contribution is -2.42. The molecule has 2 aliphatic heterocycles. The first-order chi connectivity index (χ1) is 17.3. The zero-order valence-electron chi connectivity index (χ0n) is 19.6. The number of pyridine rings is 1. The first-order valence-corrected chi connectivity index (χ1v) is 12.6. The molecule has 2 fully saturated rings. The highest BCUT2D eigenvalue weighted by Crippen LogP contribution is 2.39. The molecule has 6 nitrogen and oxygen atoms in total. The van der Waals surface area contributed by atoms with Crippen LogP contribution in [0.2, 0.25) is 0 Å². The van der Waals surface area contributed by atoms with E-state index in [1.54, 1.807) is 0 Å². The minimum Gasteiger partial charge on any atom is -0.379 e. The van der Waals surface area contributed by atoms with E-state index in [4.69, 9.17) is 21.9 Å². The van der Waals surface area contributed by atoms with Crippen molar-refractivity contribution in [3.63, 3.8) is 0 Å². The van der Waals surface area contributed by atoms with Crippen molar-refractivity contribution in [2.24, 2.45) is 0 Å². The molecule has 0 amide bonds. The summed E-state index contributed by atoms with van der Waals surface area (Å²) in [5.41, 5.74) is 3.35. The molecular formula is C28H29N5OS. The summed E-state index contributed by atoms with van der Waals surface area (Å²) < 4.78 is 7.83. The lowest BCUT2D eigenvalue weighted by atomic mass is 10.0. The van der Waals surface area contributed by atoms with E-state index in [1.807, 2.05) is 18.3 Å². The molecule has 2 unspecified atom stereocenters. The summed E-state index contributed by atoms with van der Waals surface area (Å²) in [6.07, 6.45) is 4.01. The fourth-order valence-electron chi connectivity index (χ4n) is 5.24. The van der Waals surface area contributed by atoms with Crippen LogP contribution in [-0.4, -0.2) is 63.9 Å². The van der Waals surface area contributed by atoms with Crippen LogP contribution in [0.4, 0.5) is 0 Å². The van der Waals surface area contributed by atoms with E-state index < -0.39 is 0 Å². The fraction of sp³-hybridized carbons (Fsp3) is 0.286. The number of fused-ring (bicyclic) bond motifs is 1. The van der Waals surface area contributed by atoms with Gasteiger partial charge in [-0.05, 0) is 59.4 Å². The summed E-state index contributed by atoms with van der Waals surface area (Å²) >= 11 is 5.89. The van der Waals surface area contributed by atoms with E-state index in [0.29, 0.717) is 0 Å². The molecule has 0 bridgehead atoms. The molecule has 2 aromatic carbocycles. The number of benzene rings is 2. The van der Waals surface area contributed by atoms with Crippen LogP contribution in [-0.2, 0) is 4.74 Å². The van der Waals surface area contributed by atoms with Crippen LogP contribution in [0, 0.1) is 0 Å². The average Bonchev–Trinajstić information content (AvgIpc) is 3.52. The molecule has 2 aliphatic rings. The van der Waals surface area contributed by atoms with Crippen LogP contribution in [0.5, 0.6) is 0 Å². The Morgan fingerprint density at radius 2 is 1.74 bits per heavy atom. The Bertz CT molecular complexity index is 1320. The van der Waals surface area contributed by atoms with E-state index in [0.717, 1.165) is 55.9 Å². The topological polar surface area (TPSA) is 45.6 Å². The van der Waals surface area contributed by atoms with Crippen molar-refractivity contribution in [3.8, 4) is 5.69 Å². The summed E-state index contributed by atoms with van der Waals surface area (Å²) in [7, 11) is 0. The Labute approximate surface area is 211 Å². The summed E-state index contributed by atoms with van der Waals surface area (Å²) in [4.78, 5) is 9.50. The Kier molecular flexibility index (Phi) is 6.21. The lowest BCUT2D eigenvalue weighted by Gasteiger charge is -2.32. The second-order valence-electron chi connectivity index (χ2n) is 9.11. The molecule has 4 aromatic rings. The highest BCUT2D eigenvalue weighted by Gasteiger charge is 2.41. The van der Waals surface area contributed by atoms with E-state index in [2.05, 4.69) is 86.5 Å². The van der Waals surface area contributed by atoms with Gasteiger partial charge in [0.1, 0.15) is 0 Å². The van der Waals surface area contributed by atoms with Gasteiger partial charge < -0.3 is 19.5 Å². The third kappa shape index (κ3) is 4.43. The van der Waals surface area contributed by atoms with Gasteiger partial charge in [0, 0.05) is 50.0 Å². The normalized spacial score (nSPS) is 20.9. The first kappa shape index (κ1) is 22.2. The highest BCUT2D eigenvalue weighted by molar-refractivity contribution is 7.80. The van der Waals surface area contributed by atoms with Crippen molar-refractivity contribution >= 4 is 28.1 Å². The third-order valence-electron chi connectivity index (χ3n) is 7.05. The molecule has 0 aliphatic carbocycles. The quantitative estimate of drug-likeness (QED) is 0.412.